The lowest BCUT2D eigenvalue weighted by Gasteiger charge is -2.26. The molecule has 1 fully saturated rings. The molecule has 0 heterocycles. The minimum absolute atomic E-state index is 0.0302. The number of halogens is 2. The third-order valence-electron chi connectivity index (χ3n) is 3.28. The molecule has 1 saturated carbocycles. The third-order valence-corrected chi connectivity index (χ3v) is 4.18. The summed E-state index contributed by atoms with van der Waals surface area (Å²) in [5.41, 5.74) is 0. The van der Waals surface area contributed by atoms with Gasteiger partial charge in [0, 0.05) is 6.42 Å². The minimum Gasteiger partial charge on any atom is -0.743 e. The van der Waals surface area contributed by atoms with E-state index in [1.165, 1.54) is 0 Å². The molecule has 15 heavy (non-hydrogen) atoms. The first-order valence-electron chi connectivity index (χ1n) is 4.81. The van der Waals surface area contributed by atoms with Crippen molar-refractivity contribution >= 4 is 10.1 Å². The highest BCUT2D eigenvalue weighted by molar-refractivity contribution is 7.86. The predicted molar refractivity (Wildman–Crippen MR) is 48.1 cm³/mol. The maximum absolute atomic E-state index is 13.0. The van der Waals surface area contributed by atoms with Crippen molar-refractivity contribution in [1.29, 1.82) is 0 Å². The fraction of sp³-hybridized carbons (Fsp3) is 0.778. The molecule has 2 aliphatic carbocycles. The van der Waals surface area contributed by atoms with Crippen LogP contribution in [0.25, 0.3) is 0 Å². The van der Waals surface area contributed by atoms with Gasteiger partial charge in [-0.25, -0.2) is 8.42 Å². The summed E-state index contributed by atoms with van der Waals surface area (Å²) in [5.74, 6) is -0.0356. The predicted octanol–water partition coefficient (Wildman–Crippen LogP) is 1.73. The summed E-state index contributed by atoms with van der Waals surface area (Å²) >= 11 is 0. The van der Waals surface area contributed by atoms with Crippen molar-refractivity contribution in [2.45, 2.75) is 24.5 Å². The molecule has 0 aromatic carbocycles. The molecule has 0 N–H and O–H groups in total. The van der Waals surface area contributed by atoms with Crippen LogP contribution in [0.1, 0.15) is 19.3 Å². The van der Waals surface area contributed by atoms with Crippen LogP contribution in [0.15, 0.2) is 12.2 Å². The van der Waals surface area contributed by atoms with E-state index < -0.39 is 21.8 Å². The highest BCUT2D eigenvalue weighted by atomic mass is 32.2. The summed E-state index contributed by atoms with van der Waals surface area (Å²) in [6.45, 7) is 0. The summed E-state index contributed by atoms with van der Waals surface area (Å²) in [4.78, 5) is 0. The summed E-state index contributed by atoms with van der Waals surface area (Å²) in [6.07, 6.45) is 4.40. The second-order valence-electron chi connectivity index (χ2n) is 4.34. The van der Waals surface area contributed by atoms with Gasteiger partial charge in [-0.05, 0) is 30.6 Å². The summed E-state index contributed by atoms with van der Waals surface area (Å²) in [6, 6.07) is 0. The van der Waals surface area contributed by atoms with Crippen LogP contribution in [0.2, 0.25) is 0 Å². The van der Waals surface area contributed by atoms with Crippen LogP contribution < -0.4 is 0 Å². The van der Waals surface area contributed by atoms with Crippen molar-refractivity contribution in [3.05, 3.63) is 12.2 Å². The average Bonchev–Trinajstić information content (AvgIpc) is 2.61. The normalized spacial score (nSPS) is 35.0. The maximum Gasteiger partial charge on any atom is 0.334 e. The Morgan fingerprint density at radius 3 is 2.40 bits per heavy atom. The van der Waals surface area contributed by atoms with E-state index in [-0.39, 0.29) is 11.8 Å². The van der Waals surface area contributed by atoms with Gasteiger partial charge < -0.3 is 4.55 Å². The number of hydrogen-bond donors (Lipinski definition) is 0. The van der Waals surface area contributed by atoms with E-state index in [1.807, 2.05) is 12.2 Å². The largest absolute Gasteiger partial charge is 0.743 e. The summed E-state index contributed by atoms with van der Waals surface area (Å²) < 4.78 is 56.9. The van der Waals surface area contributed by atoms with Crippen LogP contribution in [0.4, 0.5) is 8.78 Å². The van der Waals surface area contributed by atoms with Crippen molar-refractivity contribution < 1.29 is 21.8 Å². The quantitative estimate of drug-likeness (QED) is 0.554. The van der Waals surface area contributed by atoms with Gasteiger partial charge in [-0.1, -0.05) is 12.2 Å². The molecule has 0 aromatic rings. The molecule has 0 amide bonds. The Morgan fingerprint density at radius 2 is 2.00 bits per heavy atom. The monoisotopic (exact) mass is 237 g/mol. The van der Waals surface area contributed by atoms with Gasteiger partial charge in [0.15, 0.2) is 10.1 Å². The molecule has 6 heteroatoms. The summed E-state index contributed by atoms with van der Waals surface area (Å²) in [7, 11) is -5.51. The SMILES string of the molecule is O=S(=O)([O-])C(F)(F)CC1CC2C=CC1C2. The van der Waals surface area contributed by atoms with Crippen LogP contribution in [-0.2, 0) is 10.1 Å². The molecular formula is C9H11F2O3S-. The second kappa shape index (κ2) is 3.25. The lowest BCUT2D eigenvalue weighted by atomic mass is 9.91. The van der Waals surface area contributed by atoms with E-state index in [0.29, 0.717) is 12.3 Å². The molecule has 0 saturated heterocycles. The fourth-order valence-electron chi connectivity index (χ4n) is 2.54. The van der Waals surface area contributed by atoms with Gasteiger partial charge in [-0.2, -0.15) is 8.78 Å². The van der Waals surface area contributed by atoms with Crippen molar-refractivity contribution in [2.24, 2.45) is 17.8 Å². The van der Waals surface area contributed by atoms with Gasteiger partial charge in [-0.3, -0.25) is 0 Å². The molecule has 0 radical (unpaired) electrons. The zero-order valence-corrected chi connectivity index (χ0v) is 8.71. The minimum atomic E-state index is -5.51. The molecule has 3 nitrogen and oxygen atoms in total. The zero-order valence-electron chi connectivity index (χ0n) is 7.90. The molecule has 0 aliphatic heterocycles. The number of alkyl halides is 2. The van der Waals surface area contributed by atoms with E-state index >= 15 is 0 Å². The number of allylic oxidation sites excluding steroid dienone is 2. The van der Waals surface area contributed by atoms with Crippen molar-refractivity contribution in [1.82, 2.24) is 0 Å². The number of hydrogen-bond acceptors (Lipinski definition) is 3. The van der Waals surface area contributed by atoms with E-state index in [2.05, 4.69) is 0 Å². The molecule has 0 aromatic heterocycles. The van der Waals surface area contributed by atoms with Gasteiger partial charge in [0.25, 0.3) is 0 Å². The molecule has 0 spiro atoms. The van der Waals surface area contributed by atoms with Crippen LogP contribution in [0.3, 0.4) is 0 Å². The lowest BCUT2D eigenvalue weighted by Crippen LogP contribution is -2.32. The van der Waals surface area contributed by atoms with Crippen LogP contribution in [0, 0.1) is 17.8 Å². The van der Waals surface area contributed by atoms with E-state index in [1.54, 1.807) is 0 Å². The molecule has 2 rings (SSSR count). The Kier molecular flexibility index (Phi) is 2.38. The second-order valence-corrected chi connectivity index (χ2v) is 5.84. The van der Waals surface area contributed by atoms with Crippen LogP contribution in [-0.4, -0.2) is 18.2 Å². The van der Waals surface area contributed by atoms with Gasteiger partial charge in [0.2, 0.25) is 0 Å². The molecule has 2 bridgehead atoms. The van der Waals surface area contributed by atoms with Crippen molar-refractivity contribution in [2.75, 3.05) is 0 Å². The Bertz CT molecular complexity index is 388. The molecule has 2 aliphatic rings. The number of rotatable bonds is 3. The maximum atomic E-state index is 13.0. The van der Waals surface area contributed by atoms with Gasteiger partial charge >= 0.3 is 5.25 Å². The molecular weight excluding hydrogens is 226 g/mol. The van der Waals surface area contributed by atoms with Crippen LogP contribution >= 0.6 is 0 Å². The van der Waals surface area contributed by atoms with Crippen molar-refractivity contribution in [3.63, 3.8) is 0 Å². The lowest BCUT2D eigenvalue weighted by molar-refractivity contribution is 0.0473. The Balaban J connectivity index is 2.07. The van der Waals surface area contributed by atoms with E-state index in [0.717, 1.165) is 6.42 Å². The molecule has 3 unspecified atom stereocenters. The van der Waals surface area contributed by atoms with Gasteiger partial charge in [0.1, 0.15) is 0 Å². The van der Waals surface area contributed by atoms with E-state index in [4.69, 9.17) is 0 Å². The standard InChI is InChI=1S/C9H12F2O3S/c10-9(11,15(12,13)14)5-8-4-6-1-2-7(8)3-6/h1-2,6-8H,3-5H2,(H,12,13,14)/p-1. The van der Waals surface area contributed by atoms with E-state index in [9.17, 15) is 21.8 Å². The summed E-state index contributed by atoms with van der Waals surface area (Å²) in [5, 5.41) is -4.12. The first kappa shape index (κ1) is 11.0. The highest BCUT2D eigenvalue weighted by Crippen LogP contribution is 2.48. The third kappa shape index (κ3) is 1.92. The fourth-order valence-corrected chi connectivity index (χ4v) is 2.95. The first-order valence-corrected chi connectivity index (χ1v) is 6.22. The Labute approximate surface area is 86.9 Å². The molecule has 3 atom stereocenters. The van der Waals surface area contributed by atoms with Crippen LogP contribution in [0.5, 0.6) is 0 Å². The molecule has 86 valence electrons. The Morgan fingerprint density at radius 1 is 1.33 bits per heavy atom. The average molecular weight is 237 g/mol. The smallest absolute Gasteiger partial charge is 0.334 e. The first-order chi connectivity index (χ1) is 6.79. The topological polar surface area (TPSA) is 57.2 Å². The Hall–Kier alpha value is -0.490. The number of fused-ring (bicyclic) bond motifs is 2. The van der Waals surface area contributed by atoms with Gasteiger partial charge in [-0.15, -0.1) is 0 Å². The zero-order chi connectivity index (χ0) is 11.3. The van der Waals surface area contributed by atoms with Gasteiger partial charge in [0.05, 0.1) is 0 Å². The highest BCUT2D eigenvalue weighted by Gasteiger charge is 2.45. The van der Waals surface area contributed by atoms with Crippen molar-refractivity contribution in [3.8, 4) is 0 Å².